The van der Waals surface area contributed by atoms with Gasteiger partial charge in [0.1, 0.15) is 5.75 Å². The zero-order valence-corrected chi connectivity index (χ0v) is 9.28. The Labute approximate surface area is 91.7 Å². The van der Waals surface area contributed by atoms with Gasteiger partial charge in [0.15, 0.2) is 0 Å². The number of rotatable bonds is 6. The first kappa shape index (κ1) is 11.8. The topological polar surface area (TPSA) is 35.2 Å². The molecule has 0 fully saturated rings. The van der Waals surface area contributed by atoms with Gasteiger partial charge in [-0.1, -0.05) is 24.3 Å². The first-order chi connectivity index (χ1) is 7.36. The summed E-state index contributed by atoms with van der Waals surface area (Å²) in [6.45, 7) is 3.36. The molecule has 15 heavy (non-hydrogen) atoms. The largest absolute Gasteiger partial charge is 0.494 e. The second-order valence-corrected chi connectivity index (χ2v) is 3.41. The van der Waals surface area contributed by atoms with E-state index in [1.54, 1.807) is 0 Å². The summed E-state index contributed by atoms with van der Waals surface area (Å²) in [5.41, 5.74) is 6.66. The van der Waals surface area contributed by atoms with Crippen LogP contribution in [0.2, 0.25) is 0 Å². The van der Waals surface area contributed by atoms with Gasteiger partial charge in [0, 0.05) is 6.54 Å². The number of hydrogen-bond acceptors (Lipinski definition) is 2. The Morgan fingerprint density at radius 1 is 1.40 bits per heavy atom. The lowest BCUT2D eigenvalue weighted by Gasteiger charge is -2.06. The maximum Gasteiger partial charge on any atom is 0.119 e. The third-order valence-electron chi connectivity index (χ3n) is 2.15. The average Bonchev–Trinajstić information content (AvgIpc) is 2.29. The van der Waals surface area contributed by atoms with E-state index in [0.29, 0.717) is 6.54 Å². The van der Waals surface area contributed by atoms with Gasteiger partial charge in [0.25, 0.3) is 0 Å². The second-order valence-electron chi connectivity index (χ2n) is 3.41. The van der Waals surface area contributed by atoms with Gasteiger partial charge in [-0.2, -0.15) is 0 Å². The van der Waals surface area contributed by atoms with E-state index in [-0.39, 0.29) is 0 Å². The fourth-order valence-corrected chi connectivity index (χ4v) is 1.32. The Morgan fingerprint density at radius 3 is 3.00 bits per heavy atom. The van der Waals surface area contributed by atoms with Crippen LogP contribution in [-0.4, -0.2) is 6.61 Å². The SMILES string of the molecule is CC=CCCCOc1cccc(CN)c1. The van der Waals surface area contributed by atoms with Crippen LogP contribution in [0.4, 0.5) is 0 Å². The molecule has 0 radical (unpaired) electrons. The highest BCUT2D eigenvalue weighted by Crippen LogP contribution is 2.13. The number of nitrogens with two attached hydrogens (primary N) is 1. The van der Waals surface area contributed by atoms with Crippen LogP contribution in [0.3, 0.4) is 0 Å². The van der Waals surface area contributed by atoms with Gasteiger partial charge in [0.2, 0.25) is 0 Å². The lowest BCUT2D eigenvalue weighted by Crippen LogP contribution is -1.99. The third-order valence-corrected chi connectivity index (χ3v) is 2.15. The van der Waals surface area contributed by atoms with Gasteiger partial charge in [0.05, 0.1) is 6.61 Å². The molecule has 0 bridgehead atoms. The minimum Gasteiger partial charge on any atom is -0.494 e. The minimum absolute atomic E-state index is 0.565. The third kappa shape index (κ3) is 4.66. The molecular weight excluding hydrogens is 186 g/mol. The molecule has 1 aromatic carbocycles. The highest BCUT2D eigenvalue weighted by molar-refractivity contribution is 5.28. The number of unbranched alkanes of at least 4 members (excludes halogenated alkanes) is 1. The van der Waals surface area contributed by atoms with E-state index in [4.69, 9.17) is 10.5 Å². The average molecular weight is 205 g/mol. The maximum atomic E-state index is 5.61. The van der Waals surface area contributed by atoms with Crippen molar-refractivity contribution in [3.63, 3.8) is 0 Å². The van der Waals surface area contributed by atoms with Gasteiger partial charge in [-0.3, -0.25) is 0 Å². The summed E-state index contributed by atoms with van der Waals surface area (Å²) in [5.74, 6) is 0.915. The van der Waals surface area contributed by atoms with Crippen molar-refractivity contribution in [3.05, 3.63) is 42.0 Å². The van der Waals surface area contributed by atoms with Crippen molar-refractivity contribution < 1.29 is 4.74 Å². The zero-order chi connectivity index (χ0) is 10.9. The number of allylic oxidation sites excluding steroid dienone is 2. The van der Waals surface area contributed by atoms with Crippen molar-refractivity contribution in [2.45, 2.75) is 26.3 Å². The Kier molecular flexibility index (Phi) is 5.56. The van der Waals surface area contributed by atoms with E-state index in [0.717, 1.165) is 30.8 Å². The van der Waals surface area contributed by atoms with Gasteiger partial charge in [-0.25, -0.2) is 0 Å². The van der Waals surface area contributed by atoms with Crippen molar-refractivity contribution in [3.8, 4) is 5.75 Å². The summed E-state index contributed by atoms with van der Waals surface area (Å²) in [5, 5.41) is 0. The lowest BCUT2D eigenvalue weighted by atomic mass is 10.2. The highest BCUT2D eigenvalue weighted by atomic mass is 16.5. The zero-order valence-electron chi connectivity index (χ0n) is 9.28. The second kappa shape index (κ2) is 7.07. The fourth-order valence-electron chi connectivity index (χ4n) is 1.32. The minimum atomic E-state index is 0.565. The lowest BCUT2D eigenvalue weighted by molar-refractivity contribution is 0.312. The van der Waals surface area contributed by atoms with E-state index < -0.39 is 0 Å². The molecule has 1 rings (SSSR count). The van der Waals surface area contributed by atoms with E-state index in [9.17, 15) is 0 Å². The van der Waals surface area contributed by atoms with E-state index >= 15 is 0 Å². The fraction of sp³-hybridized carbons (Fsp3) is 0.385. The number of hydrogen-bond donors (Lipinski definition) is 1. The van der Waals surface area contributed by atoms with Crippen molar-refractivity contribution in [1.82, 2.24) is 0 Å². The molecule has 2 N–H and O–H groups in total. The Balaban J connectivity index is 2.30. The van der Waals surface area contributed by atoms with E-state index in [1.165, 1.54) is 0 Å². The summed E-state index contributed by atoms with van der Waals surface area (Å²) < 4.78 is 5.61. The van der Waals surface area contributed by atoms with Crippen molar-refractivity contribution >= 4 is 0 Å². The molecule has 82 valence electrons. The monoisotopic (exact) mass is 205 g/mol. The van der Waals surface area contributed by atoms with Crippen LogP contribution in [0.15, 0.2) is 36.4 Å². The van der Waals surface area contributed by atoms with Crippen molar-refractivity contribution in [2.75, 3.05) is 6.61 Å². The molecule has 0 aliphatic rings. The first-order valence-corrected chi connectivity index (χ1v) is 5.39. The van der Waals surface area contributed by atoms with Crippen LogP contribution in [0.5, 0.6) is 5.75 Å². The number of ether oxygens (including phenoxy) is 1. The molecule has 0 amide bonds. The molecule has 0 unspecified atom stereocenters. The summed E-state index contributed by atoms with van der Waals surface area (Å²) in [4.78, 5) is 0. The molecule has 0 aliphatic heterocycles. The molecule has 0 heterocycles. The van der Waals surface area contributed by atoms with Gasteiger partial charge < -0.3 is 10.5 Å². The van der Waals surface area contributed by atoms with Gasteiger partial charge in [-0.15, -0.1) is 0 Å². The first-order valence-electron chi connectivity index (χ1n) is 5.39. The summed E-state index contributed by atoms with van der Waals surface area (Å²) in [7, 11) is 0. The molecule has 1 aromatic rings. The molecular formula is C13H19NO. The van der Waals surface area contributed by atoms with Crippen LogP contribution in [-0.2, 0) is 6.54 Å². The molecule has 2 heteroatoms. The van der Waals surface area contributed by atoms with Gasteiger partial charge >= 0.3 is 0 Å². The molecule has 0 atom stereocenters. The molecule has 0 saturated carbocycles. The standard InChI is InChI=1S/C13H19NO/c1-2-3-4-5-9-15-13-8-6-7-12(10-13)11-14/h2-3,6-8,10H,4-5,9,11,14H2,1H3. The smallest absolute Gasteiger partial charge is 0.119 e. The maximum absolute atomic E-state index is 5.61. The number of benzene rings is 1. The van der Waals surface area contributed by atoms with Gasteiger partial charge in [-0.05, 0) is 37.5 Å². The highest BCUT2D eigenvalue weighted by Gasteiger charge is 1.94. The van der Waals surface area contributed by atoms with Crippen LogP contribution in [0.25, 0.3) is 0 Å². The quantitative estimate of drug-likeness (QED) is 0.572. The normalized spacial score (nSPS) is 10.8. The van der Waals surface area contributed by atoms with E-state index in [1.807, 2.05) is 31.2 Å². The molecule has 0 spiro atoms. The predicted octanol–water partition coefficient (Wildman–Crippen LogP) is 2.88. The predicted molar refractivity (Wildman–Crippen MR) is 63.9 cm³/mol. The van der Waals surface area contributed by atoms with E-state index in [2.05, 4.69) is 12.2 Å². The summed E-state index contributed by atoms with van der Waals surface area (Å²) in [6.07, 6.45) is 6.35. The Morgan fingerprint density at radius 2 is 2.27 bits per heavy atom. The summed E-state index contributed by atoms with van der Waals surface area (Å²) in [6, 6.07) is 7.95. The molecule has 0 saturated heterocycles. The Hall–Kier alpha value is -1.28. The molecule has 2 nitrogen and oxygen atoms in total. The van der Waals surface area contributed by atoms with Crippen LogP contribution >= 0.6 is 0 Å². The van der Waals surface area contributed by atoms with Crippen molar-refractivity contribution in [1.29, 1.82) is 0 Å². The molecule has 0 aromatic heterocycles. The van der Waals surface area contributed by atoms with Crippen LogP contribution in [0.1, 0.15) is 25.3 Å². The van der Waals surface area contributed by atoms with Crippen molar-refractivity contribution in [2.24, 2.45) is 5.73 Å². The van der Waals surface area contributed by atoms with Crippen LogP contribution in [0, 0.1) is 0 Å². The summed E-state index contributed by atoms with van der Waals surface area (Å²) >= 11 is 0. The Bertz CT molecular complexity index is 307. The van der Waals surface area contributed by atoms with Crippen LogP contribution < -0.4 is 10.5 Å². The molecule has 0 aliphatic carbocycles.